The Kier molecular flexibility index (Phi) is 6.10. The molecule has 1 saturated carbocycles. The van der Waals surface area contributed by atoms with Crippen molar-refractivity contribution < 1.29 is 4.79 Å². The summed E-state index contributed by atoms with van der Waals surface area (Å²) in [6.45, 7) is 6.78. The van der Waals surface area contributed by atoms with Gasteiger partial charge in [-0.25, -0.2) is 4.79 Å². The molecule has 2 fully saturated rings. The minimum absolute atomic E-state index is 0.142. The van der Waals surface area contributed by atoms with Crippen molar-refractivity contribution in [3.63, 3.8) is 0 Å². The maximum Gasteiger partial charge on any atom is 0.317 e. The van der Waals surface area contributed by atoms with Crippen LogP contribution in [0.25, 0.3) is 0 Å². The van der Waals surface area contributed by atoms with E-state index < -0.39 is 0 Å². The second-order valence-electron chi connectivity index (χ2n) is 6.09. The predicted octanol–water partition coefficient (Wildman–Crippen LogP) is 1.38. The van der Waals surface area contributed by atoms with E-state index in [-0.39, 0.29) is 6.03 Å². The maximum atomic E-state index is 12.2. The molecule has 1 atom stereocenters. The molecule has 2 rings (SSSR count). The number of nitrogens with one attached hydrogen (secondary N) is 1. The Hall–Kier alpha value is -0.810. The molecule has 5 heteroatoms. The monoisotopic (exact) mass is 282 g/mol. The highest BCUT2D eigenvalue weighted by Crippen LogP contribution is 2.19. The van der Waals surface area contributed by atoms with Gasteiger partial charge in [-0.1, -0.05) is 6.92 Å². The summed E-state index contributed by atoms with van der Waals surface area (Å²) in [7, 11) is 0. The third-order valence-corrected chi connectivity index (χ3v) is 4.74. The number of urea groups is 1. The van der Waals surface area contributed by atoms with Gasteiger partial charge in [0.1, 0.15) is 0 Å². The highest BCUT2D eigenvalue weighted by atomic mass is 16.2. The first kappa shape index (κ1) is 15.6. The molecule has 0 radical (unpaired) electrons. The Labute approximate surface area is 122 Å². The van der Waals surface area contributed by atoms with E-state index in [0.29, 0.717) is 12.1 Å². The van der Waals surface area contributed by atoms with Crippen LogP contribution in [0, 0.1) is 0 Å². The number of nitrogens with two attached hydrogens (primary N) is 1. The minimum atomic E-state index is 0.142. The van der Waals surface area contributed by atoms with Gasteiger partial charge in [-0.2, -0.15) is 0 Å². The summed E-state index contributed by atoms with van der Waals surface area (Å²) < 4.78 is 0. The van der Waals surface area contributed by atoms with Gasteiger partial charge in [-0.15, -0.1) is 0 Å². The Morgan fingerprint density at radius 2 is 2.05 bits per heavy atom. The van der Waals surface area contributed by atoms with Crippen LogP contribution in [-0.2, 0) is 0 Å². The fraction of sp³-hybridized carbons (Fsp3) is 0.933. The van der Waals surface area contributed by atoms with Crippen LogP contribution in [0.3, 0.4) is 0 Å². The normalized spacial score (nSPS) is 23.0. The van der Waals surface area contributed by atoms with E-state index >= 15 is 0 Å². The summed E-state index contributed by atoms with van der Waals surface area (Å²) in [5.74, 6) is 0. The number of carbonyl (C=O) groups excluding carboxylic acids is 1. The second kappa shape index (κ2) is 7.84. The predicted molar refractivity (Wildman–Crippen MR) is 81.7 cm³/mol. The molecule has 1 aliphatic heterocycles. The van der Waals surface area contributed by atoms with E-state index in [1.54, 1.807) is 0 Å². The van der Waals surface area contributed by atoms with E-state index in [1.165, 1.54) is 6.42 Å². The Balaban J connectivity index is 1.79. The number of rotatable bonds is 5. The summed E-state index contributed by atoms with van der Waals surface area (Å²) in [5.41, 5.74) is 5.70. The zero-order valence-electron chi connectivity index (χ0n) is 12.8. The van der Waals surface area contributed by atoms with Gasteiger partial charge in [-0.3, -0.25) is 4.90 Å². The molecule has 2 amide bonds. The van der Waals surface area contributed by atoms with E-state index in [4.69, 9.17) is 5.73 Å². The van der Waals surface area contributed by atoms with Gasteiger partial charge >= 0.3 is 6.03 Å². The molecule has 1 aliphatic carbocycles. The first-order valence-electron chi connectivity index (χ1n) is 8.24. The molecule has 0 aromatic carbocycles. The van der Waals surface area contributed by atoms with Crippen LogP contribution >= 0.6 is 0 Å². The fourth-order valence-corrected chi connectivity index (χ4v) is 3.16. The van der Waals surface area contributed by atoms with Crippen LogP contribution in [0.2, 0.25) is 0 Å². The standard InChI is InChI=1S/C15H30N4O/c1-2-14(7-8-16)18-9-4-10-19(12-11-18)15(20)17-13-5-3-6-13/h13-14H,2-12,16H2,1H3,(H,17,20). The molecule has 0 spiro atoms. The van der Waals surface area contributed by atoms with Gasteiger partial charge in [0.25, 0.3) is 0 Å². The average Bonchev–Trinajstić information content (AvgIpc) is 2.66. The zero-order chi connectivity index (χ0) is 14.4. The number of hydrogen-bond donors (Lipinski definition) is 2. The molecular weight excluding hydrogens is 252 g/mol. The lowest BCUT2D eigenvalue weighted by Crippen LogP contribution is -2.48. The molecule has 2 aliphatic rings. The summed E-state index contributed by atoms with van der Waals surface area (Å²) in [4.78, 5) is 16.7. The van der Waals surface area contributed by atoms with Crippen molar-refractivity contribution in [1.82, 2.24) is 15.1 Å². The average molecular weight is 282 g/mol. The number of carbonyl (C=O) groups is 1. The second-order valence-corrected chi connectivity index (χ2v) is 6.09. The molecule has 1 heterocycles. The van der Waals surface area contributed by atoms with Crippen LogP contribution in [0.4, 0.5) is 4.79 Å². The number of nitrogens with zero attached hydrogens (tertiary/aromatic N) is 2. The highest BCUT2D eigenvalue weighted by Gasteiger charge is 2.25. The number of amides is 2. The Bertz CT molecular complexity index is 306. The van der Waals surface area contributed by atoms with E-state index in [0.717, 1.165) is 64.8 Å². The van der Waals surface area contributed by atoms with Crippen molar-refractivity contribution in [2.75, 3.05) is 32.7 Å². The number of hydrogen-bond acceptors (Lipinski definition) is 3. The largest absolute Gasteiger partial charge is 0.335 e. The third-order valence-electron chi connectivity index (χ3n) is 4.74. The molecule has 1 unspecified atom stereocenters. The van der Waals surface area contributed by atoms with Crippen molar-refractivity contribution in [2.45, 2.75) is 57.5 Å². The van der Waals surface area contributed by atoms with E-state index in [2.05, 4.69) is 17.1 Å². The summed E-state index contributed by atoms with van der Waals surface area (Å²) >= 11 is 0. The molecule has 0 aromatic rings. The summed E-state index contributed by atoms with van der Waals surface area (Å²) in [5, 5.41) is 3.15. The van der Waals surface area contributed by atoms with Gasteiger partial charge < -0.3 is 16.0 Å². The fourth-order valence-electron chi connectivity index (χ4n) is 3.16. The van der Waals surface area contributed by atoms with Crippen LogP contribution in [0.5, 0.6) is 0 Å². The van der Waals surface area contributed by atoms with Gasteiger partial charge in [0.05, 0.1) is 0 Å². The highest BCUT2D eigenvalue weighted by molar-refractivity contribution is 5.74. The van der Waals surface area contributed by atoms with Gasteiger partial charge in [-0.05, 0) is 45.1 Å². The van der Waals surface area contributed by atoms with Crippen molar-refractivity contribution >= 4 is 6.03 Å². The SMILES string of the molecule is CCC(CCN)N1CCCN(C(=O)NC2CCC2)CC1. The topological polar surface area (TPSA) is 61.6 Å². The molecule has 20 heavy (non-hydrogen) atoms. The van der Waals surface area contributed by atoms with Crippen LogP contribution in [0.1, 0.15) is 45.4 Å². The van der Waals surface area contributed by atoms with Gasteiger partial charge in [0.15, 0.2) is 0 Å². The van der Waals surface area contributed by atoms with Crippen molar-refractivity contribution in [3.05, 3.63) is 0 Å². The van der Waals surface area contributed by atoms with Crippen LogP contribution in [0.15, 0.2) is 0 Å². The molecule has 1 saturated heterocycles. The molecule has 5 nitrogen and oxygen atoms in total. The lowest BCUT2D eigenvalue weighted by molar-refractivity contribution is 0.175. The first-order valence-corrected chi connectivity index (χ1v) is 8.24. The minimum Gasteiger partial charge on any atom is -0.335 e. The quantitative estimate of drug-likeness (QED) is 0.801. The van der Waals surface area contributed by atoms with E-state index in [9.17, 15) is 4.79 Å². The molecule has 116 valence electrons. The Morgan fingerprint density at radius 1 is 1.25 bits per heavy atom. The molecule has 3 N–H and O–H groups in total. The molecule has 0 bridgehead atoms. The van der Waals surface area contributed by atoms with Gasteiger partial charge in [0, 0.05) is 38.3 Å². The summed E-state index contributed by atoms with van der Waals surface area (Å²) in [6.07, 6.45) is 6.84. The maximum absolute atomic E-state index is 12.2. The van der Waals surface area contributed by atoms with Crippen molar-refractivity contribution in [2.24, 2.45) is 5.73 Å². The lowest BCUT2D eigenvalue weighted by Gasteiger charge is -2.31. The third kappa shape index (κ3) is 4.09. The summed E-state index contributed by atoms with van der Waals surface area (Å²) in [6, 6.07) is 1.15. The zero-order valence-corrected chi connectivity index (χ0v) is 12.8. The van der Waals surface area contributed by atoms with Crippen molar-refractivity contribution in [1.29, 1.82) is 0 Å². The Morgan fingerprint density at radius 3 is 2.65 bits per heavy atom. The van der Waals surface area contributed by atoms with Crippen molar-refractivity contribution in [3.8, 4) is 0 Å². The first-order chi connectivity index (χ1) is 9.74. The molecule has 0 aromatic heterocycles. The lowest BCUT2D eigenvalue weighted by atomic mass is 9.93. The molecular formula is C15H30N4O. The van der Waals surface area contributed by atoms with Gasteiger partial charge in [0.2, 0.25) is 0 Å². The smallest absolute Gasteiger partial charge is 0.317 e. The van der Waals surface area contributed by atoms with Crippen LogP contribution in [-0.4, -0.2) is 60.6 Å². The van der Waals surface area contributed by atoms with E-state index in [1.807, 2.05) is 4.90 Å². The van der Waals surface area contributed by atoms with Crippen LogP contribution < -0.4 is 11.1 Å².